The lowest BCUT2D eigenvalue weighted by Crippen LogP contribution is -2.17. The van der Waals surface area contributed by atoms with Crippen molar-refractivity contribution in [1.29, 1.82) is 0 Å². The molecule has 1 aliphatic heterocycles. The third kappa shape index (κ3) is 4.01. The van der Waals surface area contributed by atoms with Crippen molar-refractivity contribution in [1.82, 2.24) is 9.88 Å². The van der Waals surface area contributed by atoms with Crippen LogP contribution in [0.3, 0.4) is 0 Å². The van der Waals surface area contributed by atoms with Gasteiger partial charge in [0.2, 0.25) is 0 Å². The monoisotopic (exact) mass is 369 g/mol. The van der Waals surface area contributed by atoms with E-state index in [0.717, 1.165) is 29.1 Å². The SMILES string of the molecule is Cc1[nH]c(/C=C2\C(=O)Nc3ccc(F)cc32)c(C)c1CC(=O)CCN(C)C. The number of anilines is 1. The van der Waals surface area contributed by atoms with Crippen LogP contribution in [-0.2, 0) is 16.0 Å². The number of Topliss-reactive ketones (excluding diaryl/α,β-unsaturated/α-hetero) is 1. The van der Waals surface area contributed by atoms with E-state index in [4.69, 9.17) is 0 Å². The summed E-state index contributed by atoms with van der Waals surface area (Å²) in [7, 11) is 3.88. The Morgan fingerprint density at radius 1 is 1.26 bits per heavy atom. The van der Waals surface area contributed by atoms with E-state index in [-0.39, 0.29) is 17.5 Å². The predicted octanol–water partition coefficient (Wildman–Crippen LogP) is 3.33. The average molecular weight is 369 g/mol. The topological polar surface area (TPSA) is 65.2 Å². The number of amides is 1. The maximum absolute atomic E-state index is 13.6. The first-order valence-corrected chi connectivity index (χ1v) is 8.93. The number of aromatic amines is 1. The number of hydrogen-bond acceptors (Lipinski definition) is 3. The smallest absolute Gasteiger partial charge is 0.256 e. The van der Waals surface area contributed by atoms with E-state index in [1.54, 1.807) is 12.1 Å². The zero-order valence-corrected chi connectivity index (χ0v) is 16.1. The molecule has 2 heterocycles. The Morgan fingerprint density at radius 3 is 2.70 bits per heavy atom. The molecule has 0 radical (unpaired) electrons. The van der Waals surface area contributed by atoms with Gasteiger partial charge in [-0.15, -0.1) is 0 Å². The third-order valence-corrected chi connectivity index (χ3v) is 4.90. The van der Waals surface area contributed by atoms with Crippen molar-refractivity contribution in [2.45, 2.75) is 26.7 Å². The van der Waals surface area contributed by atoms with Gasteiger partial charge in [-0.25, -0.2) is 4.39 Å². The molecule has 1 aromatic heterocycles. The second kappa shape index (κ2) is 7.48. The molecule has 0 atom stereocenters. The molecule has 27 heavy (non-hydrogen) atoms. The number of benzene rings is 1. The molecule has 1 aliphatic rings. The molecule has 2 N–H and O–H groups in total. The highest BCUT2D eigenvalue weighted by Crippen LogP contribution is 2.34. The van der Waals surface area contributed by atoms with Crippen molar-refractivity contribution in [3.63, 3.8) is 0 Å². The lowest BCUT2D eigenvalue weighted by molar-refractivity contribution is -0.118. The highest BCUT2D eigenvalue weighted by atomic mass is 19.1. The maximum Gasteiger partial charge on any atom is 0.256 e. The Labute approximate surface area is 158 Å². The fourth-order valence-corrected chi connectivity index (χ4v) is 3.31. The van der Waals surface area contributed by atoms with Crippen molar-refractivity contribution in [2.24, 2.45) is 0 Å². The van der Waals surface area contributed by atoms with Gasteiger partial charge < -0.3 is 15.2 Å². The van der Waals surface area contributed by atoms with Crippen LogP contribution < -0.4 is 5.32 Å². The van der Waals surface area contributed by atoms with E-state index in [9.17, 15) is 14.0 Å². The highest BCUT2D eigenvalue weighted by Gasteiger charge is 2.25. The number of aromatic nitrogens is 1. The van der Waals surface area contributed by atoms with Crippen LogP contribution in [0, 0.1) is 19.7 Å². The number of rotatable bonds is 6. The largest absolute Gasteiger partial charge is 0.359 e. The van der Waals surface area contributed by atoms with E-state index in [1.165, 1.54) is 12.1 Å². The minimum Gasteiger partial charge on any atom is -0.359 e. The van der Waals surface area contributed by atoms with Crippen LogP contribution in [0.2, 0.25) is 0 Å². The molecule has 5 nitrogen and oxygen atoms in total. The fraction of sp³-hybridized carbons (Fsp3) is 0.333. The molecule has 2 aromatic rings. The molecule has 0 unspecified atom stereocenters. The van der Waals surface area contributed by atoms with Crippen molar-refractivity contribution >= 4 is 29.0 Å². The lowest BCUT2D eigenvalue weighted by Gasteiger charge is -2.08. The molecule has 0 bridgehead atoms. The summed E-state index contributed by atoms with van der Waals surface area (Å²) in [5.41, 5.74) is 5.15. The normalized spacial score (nSPS) is 14.7. The zero-order chi connectivity index (χ0) is 19.7. The molecule has 0 spiro atoms. The molecule has 142 valence electrons. The quantitative estimate of drug-likeness (QED) is 0.768. The minimum atomic E-state index is -0.386. The number of carbonyl (C=O) groups is 2. The second-order valence-electron chi connectivity index (χ2n) is 7.24. The van der Waals surface area contributed by atoms with Gasteiger partial charge in [0.1, 0.15) is 11.6 Å². The Balaban J connectivity index is 1.89. The molecule has 0 aliphatic carbocycles. The highest BCUT2D eigenvalue weighted by molar-refractivity contribution is 6.34. The van der Waals surface area contributed by atoms with Gasteiger partial charge in [-0.3, -0.25) is 9.59 Å². The molecule has 0 fully saturated rings. The summed E-state index contributed by atoms with van der Waals surface area (Å²) in [6.45, 7) is 4.58. The van der Waals surface area contributed by atoms with E-state index < -0.39 is 0 Å². The Hall–Kier alpha value is -2.73. The summed E-state index contributed by atoms with van der Waals surface area (Å²) in [6.07, 6.45) is 2.60. The number of nitrogens with zero attached hydrogens (tertiary/aromatic N) is 1. The Kier molecular flexibility index (Phi) is 5.28. The van der Waals surface area contributed by atoms with Gasteiger partial charge in [-0.05, 0) is 63.3 Å². The number of H-pyrrole nitrogens is 1. The number of hydrogen-bond donors (Lipinski definition) is 2. The molecule has 1 amide bonds. The molecule has 3 rings (SSSR count). The van der Waals surface area contributed by atoms with Crippen LogP contribution >= 0.6 is 0 Å². The van der Waals surface area contributed by atoms with Gasteiger partial charge >= 0.3 is 0 Å². The van der Waals surface area contributed by atoms with Crippen LogP contribution in [0.25, 0.3) is 11.6 Å². The van der Waals surface area contributed by atoms with Gasteiger partial charge in [-0.1, -0.05) is 0 Å². The molecule has 0 saturated heterocycles. The van der Waals surface area contributed by atoms with E-state index >= 15 is 0 Å². The zero-order valence-electron chi connectivity index (χ0n) is 16.1. The first kappa shape index (κ1) is 19.0. The molecular formula is C21H24FN3O2. The summed E-state index contributed by atoms with van der Waals surface area (Å²) in [5.74, 6) is -0.465. The maximum atomic E-state index is 13.6. The number of fused-ring (bicyclic) bond motifs is 1. The van der Waals surface area contributed by atoms with Gasteiger partial charge in [0, 0.05) is 42.0 Å². The van der Waals surface area contributed by atoms with Crippen LogP contribution in [0.1, 0.15) is 34.5 Å². The van der Waals surface area contributed by atoms with Crippen molar-refractivity contribution in [2.75, 3.05) is 26.0 Å². The first-order chi connectivity index (χ1) is 12.8. The summed E-state index contributed by atoms with van der Waals surface area (Å²) >= 11 is 0. The van der Waals surface area contributed by atoms with Gasteiger partial charge in [0.15, 0.2) is 0 Å². The summed E-state index contributed by atoms with van der Waals surface area (Å²) in [4.78, 5) is 29.8. The number of carbonyl (C=O) groups excluding carboxylic acids is 2. The lowest BCUT2D eigenvalue weighted by atomic mass is 10.0. The van der Waals surface area contributed by atoms with Crippen LogP contribution in [0.4, 0.5) is 10.1 Å². The van der Waals surface area contributed by atoms with E-state index in [2.05, 4.69) is 10.3 Å². The molecule has 6 heteroatoms. The average Bonchev–Trinajstić information content (AvgIpc) is 3.04. The standard InChI is InChI=1S/C21H24FN3O2/c1-12-16(10-15(26)7-8-25(3)4)13(2)23-20(12)11-18-17-9-14(22)5-6-19(17)24-21(18)27/h5-6,9,11,23H,7-8,10H2,1-4H3,(H,24,27)/b18-11-. The second-order valence-corrected chi connectivity index (χ2v) is 7.24. The fourth-order valence-electron chi connectivity index (χ4n) is 3.31. The van der Waals surface area contributed by atoms with E-state index in [1.807, 2.05) is 32.8 Å². The molecule has 1 aromatic carbocycles. The van der Waals surface area contributed by atoms with Crippen molar-refractivity contribution in [3.8, 4) is 0 Å². The number of ketones is 1. The Morgan fingerprint density at radius 2 is 2.00 bits per heavy atom. The van der Waals surface area contributed by atoms with Crippen LogP contribution in [-0.4, -0.2) is 42.2 Å². The summed E-state index contributed by atoms with van der Waals surface area (Å²) in [6, 6.07) is 4.24. The van der Waals surface area contributed by atoms with Crippen LogP contribution in [0.5, 0.6) is 0 Å². The molecule has 0 saturated carbocycles. The Bertz CT molecular complexity index is 941. The van der Waals surface area contributed by atoms with E-state index in [0.29, 0.717) is 29.7 Å². The van der Waals surface area contributed by atoms with Crippen LogP contribution in [0.15, 0.2) is 18.2 Å². The number of halogens is 1. The van der Waals surface area contributed by atoms with Gasteiger partial charge in [-0.2, -0.15) is 0 Å². The summed E-state index contributed by atoms with van der Waals surface area (Å²) < 4.78 is 13.6. The first-order valence-electron chi connectivity index (χ1n) is 8.93. The molecular weight excluding hydrogens is 345 g/mol. The van der Waals surface area contributed by atoms with Gasteiger partial charge in [0.05, 0.1) is 5.57 Å². The summed E-state index contributed by atoms with van der Waals surface area (Å²) in [5, 5.41) is 2.75. The minimum absolute atomic E-state index is 0.180. The number of aryl methyl sites for hydroxylation is 1. The predicted molar refractivity (Wildman–Crippen MR) is 105 cm³/mol. The van der Waals surface area contributed by atoms with Gasteiger partial charge in [0.25, 0.3) is 5.91 Å². The number of nitrogens with one attached hydrogen (secondary N) is 2. The van der Waals surface area contributed by atoms with Crippen molar-refractivity contribution < 1.29 is 14.0 Å². The van der Waals surface area contributed by atoms with Crippen molar-refractivity contribution in [3.05, 3.63) is 52.1 Å². The third-order valence-electron chi connectivity index (χ3n) is 4.90.